The average molecular weight is 795 g/mol. The molecule has 2 unspecified atom stereocenters. The van der Waals surface area contributed by atoms with E-state index in [4.69, 9.17) is 19.2 Å². The largest absolute Gasteiger partial charge is 0.492 e. The molecular formula is C40H54N6O9S. The molecule has 2 aromatic rings. The van der Waals surface area contributed by atoms with Gasteiger partial charge in [-0.05, 0) is 90.4 Å². The minimum Gasteiger partial charge on any atom is -0.492 e. The molecule has 56 heavy (non-hydrogen) atoms. The van der Waals surface area contributed by atoms with Gasteiger partial charge in [0.05, 0.1) is 29.0 Å². The Kier molecular flexibility index (Phi) is 11.2. The second-order valence-corrected chi connectivity index (χ2v) is 18.8. The Morgan fingerprint density at radius 3 is 2.66 bits per heavy atom. The number of para-hydroxylation sites is 1. The third-order valence-electron chi connectivity index (χ3n) is 11.9. The van der Waals surface area contributed by atoms with Crippen LogP contribution in [0.25, 0.3) is 10.9 Å². The van der Waals surface area contributed by atoms with Gasteiger partial charge in [0, 0.05) is 24.3 Å². The van der Waals surface area contributed by atoms with E-state index in [-0.39, 0.29) is 31.4 Å². The van der Waals surface area contributed by atoms with Crippen molar-refractivity contribution in [1.29, 1.82) is 0 Å². The van der Waals surface area contributed by atoms with E-state index in [0.29, 0.717) is 43.0 Å². The number of sulfonamides is 1. The lowest BCUT2D eigenvalue weighted by Crippen LogP contribution is -2.57. The van der Waals surface area contributed by atoms with Crippen molar-refractivity contribution in [2.45, 2.75) is 106 Å². The Balaban J connectivity index is 1.18. The highest BCUT2D eigenvalue weighted by Gasteiger charge is 2.63. The van der Waals surface area contributed by atoms with Crippen LogP contribution in [0.1, 0.15) is 76.7 Å². The number of hydrogen-bond donors (Lipinski definition) is 3. The monoisotopic (exact) mass is 794 g/mol. The molecule has 2 aliphatic heterocycles. The van der Waals surface area contributed by atoms with Crippen LogP contribution in [0.5, 0.6) is 11.6 Å². The van der Waals surface area contributed by atoms with E-state index in [1.807, 2.05) is 38.4 Å². The summed E-state index contributed by atoms with van der Waals surface area (Å²) in [5.74, 6) is -1.19. The van der Waals surface area contributed by atoms with Crippen molar-refractivity contribution in [1.82, 2.24) is 30.1 Å². The van der Waals surface area contributed by atoms with E-state index in [2.05, 4.69) is 26.8 Å². The van der Waals surface area contributed by atoms with Crippen molar-refractivity contribution in [2.75, 3.05) is 40.3 Å². The molecule has 0 radical (unpaired) electrons. The molecule has 1 saturated heterocycles. The number of benzene rings is 1. The maximum absolute atomic E-state index is 14.2. The number of carbonyl (C=O) groups excluding carboxylic acids is 4. The minimum absolute atomic E-state index is 0.0118. The van der Waals surface area contributed by atoms with Gasteiger partial charge >= 0.3 is 6.09 Å². The molecule has 7 rings (SSSR count). The van der Waals surface area contributed by atoms with E-state index < -0.39 is 68.7 Å². The number of fused-ring (bicyclic) bond motifs is 5. The fourth-order valence-electron chi connectivity index (χ4n) is 7.90. The first-order valence-corrected chi connectivity index (χ1v) is 21.3. The van der Waals surface area contributed by atoms with E-state index in [0.717, 1.165) is 56.0 Å². The van der Waals surface area contributed by atoms with Crippen LogP contribution in [0, 0.1) is 11.8 Å². The van der Waals surface area contributed by atoms with Gasteiger partial charge in [0.1, 0.15) is 36.1 Å². The van der Waals surface area contributed by atoms with Crippen molar-refractivity contribution >= 4 is 44.7 Å². The van der Waals surface area contributed by atoms with E-state index in [1.165, 1.54) is 11.0 Å². The van der Waals surface area contributed by atoms with Crippen LogP contribution >= 0.6 is 0 Å². The number of nitrogens with zero attached hydrogens (tertiary/aromatic N) is 3. The Morgan fingerprint density at radius 1 is 1.14 bits per heavy atom. The molecule has 6 atom stereocenters. The fraction of sp³-hybridized carbons (Fsp3) is 0.625. The lowest BCUT2D eigenvalue weighted by molar-refractivity contribution is -0.139. The molecule has 4 fully saturated rings. The molecule has 3 N–H and O–H groups in total. The van der Waals surface area contributed by atoms with Gasteiger partial charge < -0.3 is 34.6 Å². The highest BCUT2D eigenvalue weighted by molar-refractivity contribution is 7.91. The van der Waals surface area contributed by atoms with Gasteiger partial charge in [-0.2, -0.15) is 0 Å². The molecule has 3 aliphatic carbocycles. The normalized spacial score (nSPS) is 28.6. The third kappa shape index (κ3) is 8.46. The number of aromatic nitrogens is 1. The zero-order chi connectivity index (χ0) is 39.8. The fourth-order valence-corrected chi connectivity index (χ4v) is 9.21. The Labute approximate surface area is 328 Å². The first-order valence-electron chi connectivity index (χ1n) is 19.8. The molecular weight excluding hydrogens is 741 g/mol. The molecule has 4 amide bonds. The van der Waals surface area contributed by atoms with E-state index in [9.17, 15) is 27.6 Å². The molecule has 15 nitrogen and oxygen atoms in total. The SMILES string of the molecule is C=C[C@@H]1C[C@]1(NC(=O)C1C[C@@H]2CN1C(=O)CNC(=O)O[C@@H]1CC1CCCCCc1c(nc3ccccc3c1OCCCN(C)C)O2)C(=O)NS(=O)(=O)C1(C)CC1. The maximum Gasteiger partial charge on any atom is 0.407 e. The van der Waals surface area contributed by atoms with Crippen molar-refractivity contribution < 1.29 is 41.8 Å². The molecule has 1 aromatic heterocycles. The van der Waals surface area contributed by atoms with Crippen LogP contribution in [0.4, 0.5) is 4.79 Å². The Hall–Kier alpha value is -4.44. The number of hydrogen-bond acceptors (Lipinski definition) is 11. The van der Waals surface area contributed by atoms with E-state index >= 15 is 0 Å². The number of pyridine rings is 1. The standard InChI is InChI=1S/C40H54N6O9S/c1-5-26-22-40(26,37(49)44-56(51,52)39(2)16-17-39)43-35(48)31-21-27-24-46(31)33(47)23-41-38(50)55-32-20-25(32)12-7-6-8-14-29-34(53-19-11-18-45(3)4)28-13-9-10-15-30(28)42-36(29)54-27/h5,9-10,13,15,25-27,31-32H,1,6-8,11-12,14,16-24H2,2-4H3,(H,41,50)(H,43,48)(H,44,49)/t25?,26-,27-,31?,32-,40-/m1/s1. The second-order valence-electron chi connectivity index (χ2n) is 16.6. The van der Waals surface area contributed by atoms with Gasteiger partial charge in [-0.3, -0.25) is 19.1 Å². The number of amides is 4. The second kappa shape index (κ2) is 15.8. The van der Waals surface area contributed by atoms with Crippen molar-refractivity contribution in [3.63, 3.8) is 0 Å². The van der Waals surface area contributed by atoms with Gasteiger partial charge in [-0.25, -0.2) is 18.2 Å². The maximum atomic E-state index is 14.2. The molecule has 2 bridgehead atoms. The predicted octanol–water partition coefficient (Wildman–Crippen LogP) is 3.20. The van der Waals surface area contributed by atoms with Crippen molar-refractivity contribution in [3.05, 3.63) is 42.5 Å². The number of carbonyl (C=O) groups is 4. The Bertz CT molecular complexity index is 1990. The predicted molar refractivity (Wildman–Crippen MR) is 207 cm³/mol. The highest BCUT2D eigenvalue weighted by atomic mass is 32.2. The molecule has 1 aromatic carbocycles. The van der Waals surface area contributed by atoms with Crippen LogP contribution in [-0.4, -0.2) is 116 Å². The van der Waals surface area contributed by atoms with Gasteiger partial charge in [-0.15, -0.1) is 6.58 Å². The van der Waals surface area contributed by atoms with Crippen LogP contribution in [0.3, 0.4) is 0 Å². The summed E-state index contributed by atoms with van der Waals surface area (Å²) < 4.78 is 46.0. The van der Waals surface area contributed by atoms with Gasteiger partial charge in [0.25, 0.3) is 5.91 Å². The third-order valence-corrected chi connectivity index (χ3v) is 14.1. The number of ether oxygens (including phenoxy) is 3. The summed E-state index contributed by atoms with van der Waals surface area (Å²) in [6, 6.07) is 6.62. The summed E-state index contributed by atoms with van der Waals surface area (Å²) in [7, 11) is 0.0542. The summed E-state index contributed by atoms with van der Waals surface area (Å²) in [5.41, 5.74) is -0.0366. The van der Waals surface area contributed by atoms with E-state index in [1.54, 1.807) is 6.92 Å². The number of rotatable bonds is 11. The van der Waals surface area contributed by atoms with Gasteiger partial charge in [0.2, 0.25) is 27.7 Å². The molecule has 3 saturated carbocycles. The summed E-state index contributed by atoms with van der Waals surface area (Å²) in [6.07, 6.45) is 6.87. The zero-order valence-corrected chi connectivity index (χ0v) is 33.3. The van der Waals surface area contributed by atoms with Crippen LogP contribution in [-0.2, 0) is 35.6 Å². The molecule has 5 aliphatic rings. The summed E-state index contributed by atoms with van der Waals surface area (Å²) in [6.45, 7) is 6.28. The first-order chi connectivity index (χ1) is 26.7. The molecule has 16 heteroatoms. The molecule has 304 valence electrons. The average Bonchev–Trinajstić information content (AvgIpc) is 4.12. The highest BCUT2D eigenvalue weighted by Crippen LogP contribution is 2.47. The lowest BCUT2D eigenvalue weighted by atomic mass is 10.0. The topological polar surface area (TPSA) is 186 Å². The van der Waals surface area contributed by atoms with Crippen LogP contribution in [0.2, 0.25) is 0 Å². The number of alkyl carbamates (subject to hydrolysis) is 1. The quantitative estimate of drug-likeness (QED) is 0.224. The summed E-state index contributed by atoms with van der Waals surface area (Å²) >= 11 is 0. The molecule has 0 spiro atoms. The lowest BCUT2D eigenvalue weighted by Gasteiger charge is -2.26. The van der Waals surface area contributed by atoms with Crippen LogP contribution in [0.15, 0.2) is 36.9 Å². The van der Waals surface area contributed by atoms with Crippen LogP contribution < -0.4 is 24.8 Å². The minimum atomic E-state index is -3.99. The van der Waals surface area contributed by atoms with Crippen molar-refractivity contribution in [3.8, 4) is 11.6 Å². The first kappa shape index (κ1) is 39.8. The smallest absolute Gasteiger partial charge is 0.407 e. The Morgan fingerprint density at radius 2 is 1.93 bits per heavy atom. The summed E-state index contributed by atoms with van der Waals surface area (Å²) in [5, 5.41) is 6.23. The number of nitrogens with one attached hydrogen (secondary N) is 3. The van der Waals surface area contributed by atoms with Gasteiger partial charge in [-0.1, -0.05) is 31.1 Å². The van der Waals surface area contributed by atoms with Crippen molar-refractivity contribution in [2.24, 2.45) is 11.8 Å². The van der Waals surface area contributed by atoms with Gasteiger partial charge in [0.15, 0.2) is 0 Å². The zero-order valence-electron chi connectivity index (χ0n) is 32.5. The molecule has 3 heterocycles. The summed E-state index contributed by atoms with van der Waals surface area (Å²) in [4.78, 5) is 62.8.